The molecule has 0 unspecified atom stereocenters. The summed E-state index contributed by atoms with van der Waals surface area (Å²) >= 11 is 0. The number of amides is 1. The Morgan fingerprint density at radius 2 is 1.40 bits per heavy atom. The average Bonchev–Trinajstić information content (AvgIpc) is 2.45. The predicted octanol–water partition coefficient (Wildman–Crippen LogP) is 4.39. The summed E-state index contributed by atoms with van der Waals surface area (Å²) in [7, 11) is 0. The van der Waals surface area contributed by atoms with Crippen molar-refractivity contribution in [3.8, 4) is 0 Å². The highest BCUT2D eigenvalue weighted by molar-refractivity contribution is 5.75. The van der Waals surface area contributed by atoms with Gasteiger partial charge in [-0.3, -0.25) is 4.79 Å². The molecule has 0 bridgehead atoms. The van der Waals surface area contributed by atoms with Crippen molar-refractivity contribution in [2.75, 3.05) is 6.54 Å². The number of hydrogen-bond donors (Lipinski definition) is 1. The molecule has 118 valence electrons. The molecule has 0 aromatic rings. The highest BCUT2D eigenvalue weighted by atomic mass is 16.1. The highest BCUT2D eigenvalue weighted by Gasteiger charge is 2.00. The number of carbonyl (C=O) groups excluding carboxylic acids is 2. The fourth-order valence-electron chi connectivity index (χ4n) is 2.27. The maximum atomic E-state index is 11.4. The van der Waals surface area contributed by atoms with Crippen LogP contribution >= 0.6 is 0 Å². The number of aldehydes is 1. The van der Waals surface area contributed by atoms with E-state index < -0.39 is 0 Å². The third kappa shape index (κ3) is 15.2. The maximum Gasteiger partial charge on any atom is 0.219 e. The fraction of sp³-hybridized carbons (Fsp3) is 0.882. The van der Waals surface area contributed by atoms with Crippen LogP contribution < -0.4 is 5.32 Å². The van der Waals surface area contributed by atoms with Crippen LogP contribution in [-0.2, 0) is 9.59 Å². The molecule has 20 heavy (non-hydrogen) atoms. The molecule has 0 rings (SSSR count). The Balaban J connectivity index is 3.11. The summed E-state index contributed by atoms with van der Waals surface area (Å²) in [6.07, 6.45) is 15.7. The first-order valence-corrected chi connectivity index (χ1v) is 8.51. The zero-order chi connectivity index (χ0) is 14.9. The molecular weight excluding hydrogens is 250 g/mol. The Morgan fingerprint density at radius 3 is 1.95 bits per heavy atom. The maximum absolute atomic E-state index is 11.4. The molecule has 1 amide bonds. The number of unbranched alkanes of at least 4 members (excludes halogenated alkanes) is 10. The van der Waals surface area contributed by atoms with Crippen molar-refractivity contribution in [2.45, 2.75) is 90.4 Å². The third-order valence-electron chi connectivity index (χ3n) is 3.58. The van der Waals surface area contributed by atoms with E-state index in [9.17, 15) is 9.59 Å². The summed E-state index contributed by atoms with van der Waals surface area (Å²) in [5.41, 5.74) is 0. The molecule has 0 spiro atoms. The molecule has 0 aliphatic carbocycles. The Morgan fingerprint density at radius 1 is 0.850 bits per heavy atom. The van der Waals surface area contributed by atoms with E-state index in [1.807, 2.05) is 0 Å². The molecule has 0 saturated heterocycles. The molecule has 0 aliphatic rings. The minimum absolute atomic E-state index is 0.135. The van der Waals surface area contributed by atoms with Crippen molar-refractivity contribution >= 4 is 12.2 Å². The van der Waals surface area contributed by atoms with E-state index in [2.05, 4.69) is 12.2 Å². The summed E-state index contributed by atoms with van der Waals surface area (Å²) in [5.74, 6) is 0.135. The van der Waals surface area contributed by atoms with Gasteiger partial charge in [0.25, 0.3) is 0 Å². The van der Waals surface area contributed by atoms with Gasteiger partial charge in [-0.25, -0.2) is 0 Å². The number of hydrogen-bond acceptors (Lipinski definition) is 2. The lowest BCUT2D eigenvalue weighted by Gasteiger charge is -2.04. The van der Waals surface area contributed by atoms with Crippen molar-refractivity contribution < 1.29 is 9.59 Å². The van der Waals surface area contributed by atoms with E-state index in [-0.39, 0.29) is 5.91 Å². The van der Waals surface area contributed by atoms with E-state index in [4.69, 9.17) is 0 Å². The SMILES string of the molecule is CCCCCCCCCCCCC(=O)NCCCC=O. The van der Waals surface area contributed by atoms with Crippen molar-refractivity contribution in [3.63, 3.8) is 0 Å². The largest absolute Gasteiger partial charge is 0.356 e. The van der Waals surface area contributed by atoms with Crippen LogP contribution in [0.1, 0.15) is 90.4 Å². The van der Waals surface area contributed by atoms with E-state index in [1.165, 1.54) is 51.4 Å². The standard InChI is InChI=1S/C17H33NO2/c1-2-3-4-5-6-7-8-9-10-11-14-17(20)18-15-12-13-16-19/h16H,2-15H2,1H3,(H,18,20). The molecule has 0 heterocycles. The van der Waals surface area contributed by atoms with Gasteiger partial charge in [0, 0.05) is 19.4 Å². The summed E-state index contributed by atoms with van der Waals surface area (Å²) in [6, 6.07) is 0. The van der Waals surface area contributed by atoms with Crippen molar-refractivity contribution in [1.29, 1.82) is 0 Å². The lowest BCUT2D eigenvalue weighted by atomic mass is 10.1. The normalized spacial score (nSPS) is 10.4. The quantitative estimate of drug-likeness (QED) is 0.358. The zero-order valence-electron chi connectivity index (χ0n) is 13.3. The Labute approximate surface area is 124 Å². The van der Waals surface area contributed by atoms with Gasteiger partial charge in [0.1, 0.15) is 6.29 Å². The second kappa shape index (κ2) is 16.2. The van der Waals surface area contributed by atoms with Crippen LogP contribution in [0, 0.1) is 0 Å². The molecule has 0 saturated carbocycles. The van der Waals surface area contributed by atoms with E-state index >= 15 is 0 Å². The van der Waals surface area contributed by atoms with Gasteiger partial charge in [0.2, 0.25) is 5.91 Å². The smallest absolute Gasteiger partial charge is 0.219 e. The summed E-state index contributed by atoms with van der Waals surface area (Å²) < 4.78 is 0. The minimum Gasteiger partial charge on any atom is -0.356 e. The van der Waals surface area contributed by atoms with Crippen LogP contribution in [0.2, 0.25) is 0 Å². The van der Waals surface area contributed by atoms with Crippen LogP contribution in [-0.4, -0.2) is 18.7 Å². The molecule has 0 atom stereocenters. The second-order valence-corrected chi connectivity index (χ2v) is 5.59. The highest BCUT2D eigenvalue weighted by Crippen LogP contribution is 2.11. The van der Waals surface area contributed by atoms with Gasteiger partial charge in [-0.1, -0.05) is 64.7 Å². The summed E-state index contributed by atoms with van der Waals surface area (Å²) in [5, 5.41) is 2.85. The van der Waals surface area contributed by atoms with E-state index in [0.29, 0.717) is 19.4 Å². The first-order chi connectivity index (χ1) is 9.81. The lowest BCUT2D eigenvalue weighted by Crippen LogP contribution is -2.24. The van der Waals surface area contributed by atoms with Gasteiger partial charge in [0.05, 0.1) is 0 Å². The topological polar surface area (TPSA) is 46.2 Å². The van der Waals surface area contributed by atoms with Gasteiger partial charge in [0.15, 0.2) is 0 Å². The van der Waals surface area contributed by atoms with Gasteiger partial charge >= 0.3 is 0 Å². The van der Waals surface area contributed by atoms with Gasteiger partial charge in [-0.05, 0) is 12.8 Å². The molecule has 0 radical (unpaired) electrons. The van der Waals surface area contributed by atoms with E-state index in [0.717, 1.165) is 25.5 Å². The molecule has 3 heteroatoms. The molecule has 1 N–H and O–H groups in total. The average molecular weight is 283 g/mol. The lowest BCUT2D eigenvalue weighted by molar-refractivity contribution is -0.121. The zero-order valence-corrected chi connectivity index (χ0v) is 13.3. The summed E-state index contributed by atoms with van der Waals surface area (Å²) in [4.78, 5) is 21.5. The van der Waals surface area contributed by atoms with Gasteiger partial charge in [-0.15, -0.1) is 0 Å². The van der Waals surface area contributed by atoms with Gasteiger partial charge < -0.3 is 10.1 Å². The first kappa shape index (κ1) is 19.1. The Bertz CT molecular complexity index is 229. The molecule has 0 fully saturated rings. The number of rotatable bonds is 15. The molecule has 0 aromatic heterocycles. The first-order valence-electron chi connectivity index (χ1n) is 8.51. The Hall–Kier alpha value is -0.860. The molecule has 0 aromatic carbocycles. The van der Waals surface area contributed by atoms with Crippen molar-refractivity contribution in [1.82, 2.24) is 5.32 Å². The van der Waals surface area contributed by atoms with Crippen LogP contribution in [0.15, 0.2) is 0 Å². The summed E-state index contributed by atoms with van der Waals surface area (Å²) in [6.45, 7) is 2.88. The Kier molecular flexibility index (Phi) is 15.5. The van der Waals surface area contributed by atoms with Crippen molar-refractivity contribution in [3.05, 3.63) is 0 Å². The number of nitrogens with one attached hydrogen (secondary N) is 1. The van der Waals surface area contributed by atoms with Crippen LogP contribution in [0.3, 0.4) is 0 Å². The minimum atomic E-state index is 0.135. The van der Waals surface area contributed by atoms with E-state index in [1.54, 1.807) is 0 Å². The third-order valence-corrected chi connectivity index (χ3v) is 3.58. The van der Waals surface area contributed by atoms with Crippen molar-refractivity contribution in [2.24, 2.45) is 0 Å². The molecule has 3 nitrogen and oxygen atoms in total. The molecule has 0 aliphatic heterocycles. The van der Waals surface area contributed by atoms with Gasteiger partial charge in [-0.2, -0.15) is 0 Å². The second-order valence-electron chi connectivity index (χ2n) is 5.59. The predicted molar refractivity (Wildman–Crippen MR) is 84.8 cm³/mol. The number of carbonyl (C=O) groups is 2. The molecular formula is C17H33NO2. The monoisotopic (exact) mass is 283 g/mol. The fourth-order valence-corrected chi connectivity index (χ4v) is 2.27. The van der Waals surface area contributed by atoms with Crippen LogP contribution in [0.4, 0.5) is 0 Å². The van der Waals surface area contributed by atoms with Crippen LogP contribution in [0.5, 0.6) is 0 Å². The van der Waals surface area contributed by atoms with Crippen LogP contribution in [0.25, 0.3) is 0 Å².